The number of carbonyl (C=O) groups is 2. The van der Waals surface area contributed by atoms with Crippen molar-refractivity contribution in [3.05, 3.63) is 52.2 Å². The minimum Gasteiger partial charge on any atom is -0.480 e. The van der Waals surface area contributed by atoms with E-state index in [1.165, 1.54) is 35.6 Å². The molecule has 0 aliphatic heterocycles. The molecule has 0 radical (unpaired) electrons. The molecule has 1 aromatic heterocycles. The first-order chi connectivity index (χ1) is 11.8. The van der Waals surface area contributed by atoms with Gasteiger partial charge in [0.15, 0.2) is 0 Å². The Bertz CT molecular complexity index is 847. The standard InChI is InChI=1S/C16H18N2O5S2/c1-2-18(11-15(19)20)16(21)12-5-3-7-14(9-12)25(22,23)17-10-13-6-4-8-24-13/h3-9,17H,2,10-11H2,1H3,(H,19,20). The summed E-state index contributed by atoms with van der Waals surface area (Å²) in [5.41, 5.74) is 0.127. The van der Waals surface area contributed by atoms with Crippen LogP contribution >= 0.6 is 11.3 Å². The molecule has 0 atom stereocenters. The van der Waals surface area contributed by atoms with Crippen molar-refractivity contribution in [3.8, 4) is 0 Å². The maximum atomic E-state index is 12.4. The molecule has 9 heteroatoms. The second-order valence-corrected chi connectivity index (χ2v) is 7.94. The third-order valence-electron chi connectivity index (χ3n) is 3.40. The number of hydrogen-bond donors (Lipinski definition) is 2. The molecule has 0 aliphatic carbocycles. The van der Waals surface area contributed by atoms with E-state index in [1.807, 2.05) is 17.5 Å². The van der Waals surface area contributed by atoms with Crippen LogP contribution in [-0.4, -0.2) is 43.4 Å². The molecule has 2 N–H and O–H groups in total. The highest BCUT2D eigenvalue weighted by Gasteiger charge is 2.20. The lowest BCUT2D eigenvalue weighted by molar-refractivity contribution is -0.137. The quantitative estimate of drug-likeness (QED) is 0.724. The predicted molar refractivity (Wildman–Crippen MR) is 94.0 cm³/mol. The van der Waals surface area contributed by atoms with Crippen molar-refractivity contribution in [2.45, 2.75) is 18.4 Å². The number of likely N-dealkylation sites (N-methyl/N-ethyl adjacent to an activating group) is 1. The Kier molecular flexibility index (Phi) is 6.29. The van der Waals surface area contributed by atoms with Gasteiger partial charge in [0.05, 0.1) is 4.90 Å². The lowest BCUT2D eigenvalue weighted by Crippen LogP contribution is -2.35. The minimum absolute atomic E-state index is 0.0405. The molecule has 0 saturated heterocycles. The van der Waals surface area contributed by atoms with Gasteiger partial charge in [0.25, 0.3) is 5.91 Å². The number of nitrogens with zero attached hydrogens (tertiary/aromatic N) is 1. The Morgan fingerprint density at radius 1 is 1.24 bits per heavy atom. The Balaban J connectivity index is 2.19. The molecule has 0 spiro atoms. The van der Waals surface area contributed by atoms with Crippen molar-refractivity contribution in [2.24, 2.45) is 0 Å². The summed E-state index contributed by atoms with van der Waals surface area (Å²) in [6, 6.07) is 9.21. The van der Waals surface area contributed by atoms with E-state index in [0.29, 0.717) is 0 Å². The average Bonchev–Trinajstić information content (AvgIpc) is 3.11. The van der Waals surface area contributed by atoms with Crippen LogP contribution in [0.15, 0.2) is 46.7 Å². The normalized spacial score (nSPS) is 11.2. The third-order valence-corrected chi connectivity index (χ3v) is 5.68. The number of hydrogen-bond acceptors (Lipinski definition) is 5. The number of amides is 1. The summed E-state index contributed by atoms with van der Waals surface area (Å²) >= 11 is 1.44. The summed E-state index contributed by atoms with van der Waals surface area (Å²) in [4.78, 5) is 25.2. The monoisotopic (exact) mass is 382 g/mol. The fourth-order valence-corrected chi connectivity index (χ4v) is 3.92. The molecule has 1 amide bonds. The summed E-state index contributed by atoms with van der Waals surface area (Å²) in [6.45, 7) is 1.59. The van der Waals surface area contributed by atoms with Gasteiger partial charge in [-0.25, -0.2) is 13.1 Å². The molecule has 0 unspecified atom stereocenters. The highest BCUT2D eigenvalue weighted by molar-refractivity contribution is 7.89. The number of rotatable bonds is 8. The summed E-state index contributed by atoms with van der Waals surface area (Å²) in [6.07, 6.45) is 0. The Hall–Kier alpha value is -2.23. The number of sulfonamides is 1. The van der Waals surface area contributed by atoms with Crippen LogP contribution in [-0.2, 0) is 21.4 Å². The predicted octanol–water partition coefficient (Wildman–Crippen LogP) is 1.77. The molecule has 2 rings (SSSR count). The third kappa shape index (κ3) is 5.12. The van der Waals surface area contributed by atoms with Crippen molar-refractivity contribution in [3.63, 3.8) is 0 Å². The molecular weight excluding hydrogens is 364 g/mol. The van der Waals surface area contributed by atoms with Crippen molar-refractivity contribution >= 4 is 33.2 Å². The number of carboxylic acids is 1. The summed E-state index contributed by atoms with van der Waals surface area (Å²) in [5, 5.41) is 10.7. The minimum atomic E-state index is -3.78. The van der Waals surface area contributed by atoms with E-state index in [0.717, 1.165) is 9.78 Å². The van der Waals surface area contributed by atoms with Crippen LogP contribution in [0.4, 0.5) is 0 Å². The van der Waals surface area contributed by atoms with Gasteiger partial charge in [0, 0.05) is 23.5 Å². The van der Waals surface area contributed by atoms with E-state index in [1.54, 1.807) is 6.92 Å². The molecule has 0 saturated carbocycles. The molecule has 0 aliphatic rings. The summed E-state index contributed by atoms with van der Waals surface area (Å²) in [5.74, 6) is -1.66. The average molecular weight is 382 g/mol. The van der Waals surface area contributed by atoms with E-state index in [-0.39, 0.29) is 23.5 Å². The van der Waals surface area contributed by atoms with Gasteiger partial charge < -0.3 is 10.0 Å². The van der Waals surface area contributed by atoms with Crippen LogP contribution < -0.4 is 4.72 Å². The molecule has 2 aromatic rings. The van der Waals surface area contributed by atoms with E-state index >= 15 is 0 Å². The van der Waals surface area contributed by atoms with Crippen LogP contribution in [0.3, 0.4) is 0 Å². The lowest BCUT2D eigenvalue weighted by Gasteiger charge is -2.18. The number of nitrogens with one attached hydrogen (secondary N) is 1. The van der Waals surface area contributed by atoms with Crippen LogP contribution in [0.5, 0.6) is 0 Å². The first-order valence-corrected chi connectivity index (χ1v) is 9.83. The number of aliphatic carboxylic acids is 1. The molecule has 7 nitrogen and oxygen atoms in total. The maximum absolute atomic E-state index is 12.4. The Morgan fingerprint density at radius 2 is 2.00 bits per heavy atom. The molecule has 1 aromatic carbocycles. The lowest BCUT2D eigenvalue weighted by atomic mass is 10.2. The van der Waals surface area contributed by atoms with Gasteiger partial charge in [-0.15, -0.1) is 11.3 Å². The summed E-state index contributed by atoms with van der Waals surface area (Å²) in [7, 11) is -3.78. The molecular formula is C16H18N2O5S2. The first-order valence-electron chi connectivity index (χ1n) is 7.46. The molecule has 25 heavy (non-hydrogen) atoms. The van der Waals surface area contributed by atoms with Gasteiger partial charge in [0.2, 0.25) is 10.0 Å². The number of benzene rings is 1. The van der Waals surface area contributed by atoms with Gasteiger partial charge in [-0.1, -0.05) is 12.1 Å². The highest BCUT2D eigenvalue weighted by Crippen LogP contribution is 2.15. The fraction of sp³-hybridized carbons (Fsp3) is 0.250. The topological polar surface area (TPSA) is 104 Å². The SMILES string of the molecule is CCN(CC(=O)O)C(=O)c1cccc(S(=O)(=O)NCc2cccs2)c1. The first kappa shape index (κ1) is 19.1. The van der Waals surface area contributed by atoms with E-state index in [9.17, 15) is 18.0 Å². The fourth-order valence-electron chi connectivity index (χ4n) is 2.13. The number of carboxylic acid groups (broad SMARTS) is 1. The van der Waals surface area contributed by atoms with Crippen molar-refractivity contribution < 1.29 is 23.1 Å². The Labute approximate surface area is 150 Å². The second kappa shape index (κ2) is 8.24. The van der Waals surface area contributed by atoms with Crippen LogP contribution in [0.25, 0.3) is 0 Å². The smallest absolute Gasteiger partial charge is 0.323 e. The molecule has 1 heterocycles. The zero-order valence-corrected chi connectivity index (χ0v) is 15.1. The van der Waals surface area contributed by atoms with E-state index in [4.69, 9.17) is 5.11 Å². The van der Waals surface area contributed by atoms with Gasteiger partial charge in [0.1, 0.15) is 6.54 Å². The van der Waals surface area contributed by atoms with E-state index < -0.39 is 28.4 Å². The largest absolute Gasteiger partial charge is 0.480 e. The van der Waals surface area contributed by atoms with E-state index in [2.05, 4.69) is 4.72 Å². The van der Waals surface area contributed by atoms with Crippen molar-refractivity contribution in [1.29, 1.82) is 0 Å². The molecule has 0 bridgehead atoms. The highest BCUT2D eigenvalue weighted by atomic mass is 32.2. The zero-order chi connectivity index (χ0) is 18.4. The molecule has 134 valence electrons. The Morgan fingerprint density at radius 3 is 2.60 bits per heavy atom. The van der Waals surface area contributed by atoms with Gasteiger partial charge in [-0.05, 0) is 36.6 Å². The maximum Gasteiger partial charge on any atom is 0.323 e. The van der Waals surface area contributed by atoms with Crippen molar-refractivity contribution in [2.75, 3.05) is 13.1 Å². The van der Waals surface area contributed by atoms with Gasteiger partial charge >= 0.3 is 5.97 Å². The van der Waals surface area contributed by atoms with Crippen LogP contribution in [0, 0.1) is 0 Å². The van der Waals surface area contributed by atoms with Crippen molar-refractivity contribution in [1.82, 2.24) is 9.62 Å². The number of thiophene rings is 1. The zero-order valence-electron chi connectivity index (χ0n) is 13.5. The summed E-state index contributed by atoms with van der Waals surface area (Å²) < 4.78 is 27.3. The number of carbonyl (C=O) groups excluding carboxylic acids is 1. The van der Waals surface area contributed by atoms with Gasteiger partial charge in [-0.2, -0.15) is 0 Å². The van der Waals surface area contributed by atoms with Crippen LogP contribution in [0.2, 0.25) is 0 Å². The molecule has 0 fully saturated rings. The second-order valence-electron chi connectivity index (χ2n) is 5.14. The van der Waals surface area contributed by atoms with Gasteiger partial charge in [-0.3, -0.25) is 9.59 Å². The van der Waals surface area contributed by atoms with Crippen LogP contribution in [0.1, 0.15) is 22.2 Å².